The Hall–Kier alpha value is -0.410. The Labute approximate surface area is 89.8 Å². The number of nitrogens with zero attached hydrogens (tertiary/aromatic N) is 1. The van der Waals surface area contributed by atoms with Gasteiger partial charge in [0.2, 0.25) is 0 Å². The Bertz CT molecular complexity index is 315. The lowest BCUT2D eigenvalue weighted by atomic mass is 10.3. The van der Waals surface area contributed by atoms with Crippen molar-refractivity contribution < 1.29 is 0 Å². The second kappa shape index (κ2) is 3.99. The van der Waals surface area contributed by atoms with E-state index < -0.39 is 0 Å². The van der Waals surface area contributed by atoms with Crippen molar-refractivity contribution in [2.75, 3.05) is 0 Å². The third-order valence-corrected chi connectivity index (χ3v) is 3.87. The van der Waals surface area contributed by atoms with Crippen molar-refractivity contribution in [2.45, 2.75) is 52.1 Å². The first kappa shape index (κ1) is 10.1. The molecule has 0 saturated heterocycles. The van der Waals surface area contributed by atoms with E-state index in [-0.39, 0.29) is 0 Å². The Morgan fingerprint density at radius 1 is 1.57 bits per heavy atom. The maximum Gasteiger partial charge on any atom is 0.110 e. The number of hydrogen-bond acceptors (Lipinski definition) is 3. The van der Waals surface area contributed by atoms with Crippen molar-refractivity contribution in [3.05, 3.63) is 15.6 Å². The van der Waals surface area contributed by atoms with Crippen molar-refractivity contribution in [3.63, 3.8) is 0 Å². The quantitative estimate of drug-likeness (QED) is 0.826. The van der Waals surface area contributed by atoms with Crippen LogP contribution in [0.15, 0.2) is 0 Å². The van der Waals surface area contributed by atoms with Crippen LogP contribution in [-0.2, 0) is 6.42 Å². The second-order valence-corrected chi connectivity index (χ2v) is 5.31. The zero-order chi connectivity index (χ0) is 10.1. The summed E-state index contributed by atoms with van der Waals surface area (Å²) in [5.41, 5.74) is 1.27. The van der Waals surface area contributed by atoms with Crippen LogP contribution in [0.5, 0.6) is 0 Å². The van der Waals surface area contributed by atoms with Crippen molar-refractivity contribution in [1.29, 1.82) is 0 Å². The summed E-state index contributed by atoms with van der Waals surface area (Å²) < 4.78 is 0. The molecule has 1 N–H and O–H groups in total. The van der Waals surface area contributed by atoms with E-state index in [1.165, 1.54) is 28.4 Å². The fraction of sp³-hybridized carbons (Fsp3) is 0.727. The van der Waals surface area contributed by atoms with E-state index >= 15 is 0 Å². The molecule has 0 amide bonds. The average Bonchev–Trinajstić information content (AvgIpc) is 2.87. The maximum absolute atomic E-state index is 4.67. The molecule has 1 aliphatic rings. The van der Waals surface area contributed by atoms with Gasteiger partial charge in [-0.2, -0.15) is 0 Å². The molecule has 2 rings (SSSR count). The fourth-order valence-corrected chi connectivity index (χ4v) is 2.66. The summed E-state index contributed by atoms with van der Waals surface area (Å²) in [5, 5.41) is 4.84. The number of nitrogens with one attached hydrogen (secondary N) is 1. The smallest absolute Gasteiger partial charge is 0.110 e. The molecule has 0 spiro atoms. The van der Waals surface area contributed by atoms with Crippen LogP contribution in [0.4, 0.5) is 0 Å². The van der Waals surface area contributed by atoms with Crippen LogP contribution in [0.25, 0.3) is 0 Å². The van der Waals surface area contributed by atoms with Crippen molar-refractivity contribution in [3.8, 4) is 0 Å². The van der Waals surface area contributed by atoms with Gasteiger partial charge in [-0.25, -0.2) is 4.98 Å². The third-order valence-electron chi connectivity index (χ3n) is 2.68. The lowest BCUT2D eigenvalue weighted by molar-refractivity contribution is 0.567. The van der Waals surface area contributed by atoms with Crippen molar-refractivity contribution in [2.24, 2.45) is 0 Å². The van der Waals surface area contributed by atoms with Gasteiger partial charge in [0.05, 0.1) is 11.7 Å². The molecule has 1 fully saturated rings. The molecule has 78 valence electrons. The first-order chi connectivity index (χ1) is 6.70. The zero-order valence-electron chi connectivity index (χ0n) is 9.13. The summed E-state index contributed by atoms with van der Waals surface area (Å²) in [5.74, 6) is 0. The summed E-state index contributed by atoms with van der Waals surface area (Å²) >= 11 is 1.84. The molecule has 0 bridgehead atoms. The monoisotopic (exact) mass is 210 g/mol. The van der Waals surface area contributed by atoms with E-state index in [1.54, 1.807) is 0 Å². The number of aromatic nitrogens is 1. The lowest BCUT2D eigenvalue weighted by Gasteiger charge is -2.08. The van der Waals surface area contributed by atoms with Crippen LogP contribution in [0.3, 0.4) is 0 Å². The predicted octanol–water partition coefficient (Wildman–Crippen LogP) is 2.83. The number of thiazole rings is 1. The van der Waals surface area contributed by atoms with E-state index in [0.29, 0.717) is 6.04 Å². The van der Waals surface area contributed by atoms with E-state index in [2.05, 4.69) is 31.1 Å². The predicted molar refractivity (Wildman–Crippen MR) is 60.8 cm³/mol. The normalized spacial score (nSPS) is 18.5. The standard InChI is InChI=1S/C11H18N2S/c1-4-10-8(3)14-11(13-10)7(2)12-9-5-6-9/h7,9,12H,4-6H2,1-3H3. The Balaban J connectivity index is 2.06. The van der Waals surface area contributed by atoms with Gasteiger partial charge in [0.15, 0.2) is 0 Å². The van der Waals surface area contributed by atoms with E-state index in [1.807, 2.05) is 11.3 Å². The second-order valence-electron chi connectivity index (χ2n) is 4.07. The van der Waals surface area contributed by atoms with Crippen molar-refractivity contribution >= 4 is 11.3 Å². The van der Waals surface area contributed by atoms with E-state index in [4.69, 9.17) is 0 Å². The van der Waals surface area contributed by atoms with Gasteiger partial charge in [-0.15, -0.1) is 11.3 Å². The molecule has 1 unspecified atom stereocenters. The largest absolute Gasteiger partial charge is 0.305 e. The SMILES string of the molecule is CCc1nc(C(C)NC2CC2)sc1C. The van der Waals surface area contributed by atoms with Gasteiger partial charge < -0.3 is 5.32 Å². The highest BCUT2D eigenvalue weighted by molar-refractivity contribution is 7.11. The van der Waals surface area contributed by atoms with Gasteiger partial charge in [-0.1, -0.05) is 6.92 Å². The summed E-state index contributed by atoms with van der Waals surface area (Å²) in [4.78, 5) is 6.05. The highest BCUT2D eigenvalue weighted by Crippen LogP contribution is 2.27. The molecule has 1 atom stereocenters. The molecular weight excluding hydrogens is 192 g/mol. The summed E-state index contributed by atoms with van der Waals surface area (Å²) in [7, 11) is 0. The highest BCUT2D eigenvalue weighted by Gasteiger charge is 2.24. The number of aryl methyl sites for hydroxylation is 2. The molecule has 2 nitrogen and oxygen atoms in total. The molecule has 1 saturated carbocycles. The molecule has 0 radical (unpaired) electrons. The van der Waals surface area contributed by atoms with E-state index in [0.717, 1.165) is 12.5 Å². The van der Waals surface area contributed by atoms with Gasteiger partial charge in [-0.05, 0) is 33.1 Å². The van der Waals surface area contributed by atoms with Gasteiger partial charge in [0.1, 0.15) is 5.01 Å². The molecule has 0 aromatic carbocycles. The first-order valence-corrected chi connectivity index (χ1v) is 6.24. The summed E-state index contributed by atoms with van der Waals surface area (Å²) in [6.07, 6.45) is 3.74. The number of hydrogen-bond donors (Lipinski definition) is 1. The average molecular weight is 210 g/mol. The molecule has 0 aliphatic heterocycles. The Morgan fingerprint density at radius 2 is 2.29 bits per heavy atom. The molecule has 1 aromatic heterocycles. The maximum atomic E-state index is 4.67. The first-order valence-electron chi connectivity index (χ1n) is 5.43. The highest BCUT2D eigenvalue weighted by atomic mass is 32.1. The van der Waals surface area contributed by atoms with Gasteiger partial charge in [0, 0.05) is 10.9 Å². The lowest BCUT2D eigenvalue weighted by Crippen LogP contribution is -2.20. The minimum absolute atomic E-state index is 0.437. The van der Waals surface area contributed by atoms with Crippen LogP contribution in [0.1, 0.15) is 48.3 Å². The van der Waals surface area contributed by atoms with Gasteiger partial charge >= 0.3 is 0 Å². The van der Waals surface area contributed by atoms with Crippen LogP contribution < -0.4 is 5.32 Å². The molecule has 3 heteroatoms. The van der Waals surface area contributed by atoms with Crippen LogP contribution in [-0.4, -0.2) is 11.0 Å². The molecular formula is C11H18N2S. The minimum Gasteiger partial charge on any atom is -0.305 e. The van der Waals surface area contributed by atoms with Crippen LogP contribution >= 0.6 is 11.3 Å². The molecule has 1 aliphatic carbocycles. The topological polar surface area (TPSA) is 24.9 Å². The van der Waals surface area contributed by atoms with Crippen LogP contribution in [0, 0.1) is 6.92 Å². The summed E-state index contributed by atoms with van der Waals surface area (Å²) in [6, 6.07) is 1.20. The summed E-state index contributed by atoms with van der Waals surface area (Å²) in [6.45, 7) is 6.56. The number of rotatable bonds is 4. The molecule has 14 heavy (non-hydrogen) atoms. The Morgan fingerprint density at radius 3 is 2.79 bits per heavy atom. The molecule has 1 aromatic rings. The third kappa shape index (κ3) is 2.15. The van der Waals surface area contributed by atoms with Gasteiger partial charge in [0.25, 0.3) is 0 Å². The van der Waals surface area contributed by atoms with Gasteiger partial charge in [-0.3, -0.25) is 0 Å². The zero-order valence-corrected chi connectivity index (χ0v) is 9.95. The molecule has 1 heterocycles. The minimum atomic E-state index is 0.437. The van der Waals surface area contributed by atoms with E-state index in [9.17, 15) is 0 Å². The Kier molecular flexibility index (Phi) is 2.88. The van der Waals surface area contributed by atoms with Crippen LogP contribution in [0.2, 0.25) is 0 Å². The van der Waals surface area contributed by atoms with Crippen molar-refractivity contribution in [1.82, 2.24) is 10.3 Å². The fourth-order valence-electron chi connectivity index (χ4n) is 1.64.